The van der Waals surface area contributed by atoms with E-state index >= 15 is 0 Å². The molecule has 0 atom stereocenters. The summed E-state index contributed by atoms with van der Waals surface area (Å²) in [5, 5.41) is 0.615. The molecule has 0 aromatic heterocycles. The highest BCUT2D eigenvalue weighted by molar-refractivity contribution is 9.10. The van der Waals surface area contributed by atoms with E-state index in [-0.39, 0.29) is 12.4 Å². The summed E-state index contributed by atoms with van der Waals surface area (Å²) in [6.07, 6.45) is 0.235. The van der Waals surface area contributed by atoms with Gasteiger partial charge in [0.2, 0.25) is 0 Å². The molecule has 0 aliphatic rings. The van der Waals surface area contributed by atoms with Crippen LogP contribution in [0.15, 0.2) is 16.6 Å². The van der Waals surface area contributed by atoms with Gasteiger partial charge in [-0.25, -0.2) is 0 Å². The first-order valence-corrected chi connectivity index (χ1v) is 5.23. The molecule has 2 nitrogen and oxygen atoms in total. The van der Waals surface area contributed by atoms with Crippen molar-refractivity contribution < 1.29 is 9.53 Å². The van der Waals surface area contributed by atoms with E-state index in [2.05, 4.69) is 20.7 Å². The highest BCUT2D eigenvalue weighted by atomic mass is 79.9. The van der Waals surface area contributed by atoms with Crippen LogP contribution in [-0.2, 0) is 16.0 Å². The van der Waals surface area contributed by atoms with Crippen LogP contribution >= 0.6 is 27.5 Å². The van der Waals surface area contributed by atoms with Crippen LogP contribution in [0.4, 0.5) is 0 Å². The minimum absolute atomic E-state index is 0.235. The maximum Gasteiger partial charge on any atom is 0.310 e. The molecule has 0 saturated carbocycles. The highest BCUT2D eigenvalue weighted by Gasteiger charge is 2.09. The van der Waals surface area contributed by atoms with Gasteiger partial charge >= 0.3 is 5.97 Å². The number of aryl methyl sites for hydroxylation is 1. The van der Waals surface area contributed by atoms with Crippen LogP contribution in [0.1, 0.15) is 11.1 Å². The van der Waals surface area contributed by atoms with Crippen molar-refractivity contribution in [2.24, 2.45) is 0 Å². The van der Waals surface area contributed by atoms with Gasteiger partial charge in [-0.05, 0) is 40.0 Å². The van der Waals surface area contributed by atoms with E-state index < -0.39 is 0 Å². The van der Waals surface area contributed by atoms with Crippen molar-refractivity contribution in [3.63, 3.8) is 0 Å². The van der Waals surface area contributed by atoms with Crippen molar-refractivity contribution in [2.75, 3.05) is 7.11 Å². The Morgan fingerprint density at radius 1 is 1.57 bits per heavy atom. The number of rotatable bonds is 2. The number of methoxy groups -OCH3 is 1. The van der Waals surface area contributed by atoms with Gasteiger partial charge in [-0.2, -0.15) is 0 Å². The number of halogens is 2. The maximum atomic E-state index is 11.1. The Morgan fingerprint density at radius 3 is 2.79 bits per heavy atom. The van der Waals surface area contributed by atoms with Gasteiger partial charge in [0.05, 0.1) is 18.6 Å². The van der Waals surface area contributed by atoms with Gasteiger partial charge in [-0.15, -0.1) is 0 Å². The Morgan fingerprint density at radius 2 is 2.21 bits per heavy atom. The first-order valence-electron chi connectivity index (χ1n) is 4.06. The molecule has 0 N–H and O–H groups in total. The molecule has 0 bridgehead atoms. The molecule has 0 radical (unpaired) electrons. The molecule has 4 heteroatoms. The lowest BCUT2D eigenvalue weighted by Crippen LogP contribution is -2.05. The third kappa shape index (κ3) is 2.72. The van der Waals surface area contributed by atoms with Crippen molar-refractivity contribution in [1.82, 2.24) is 0 Å². The fraction of sp³-hybridized carbons (Fsp3) is 0.300. The van der Waals surface area contributed by atoms with Gasteiger partial charge < -0.3 is 4.74 Å². The highest BCUT2D eigenvalue weighted by Crippen LogP contribution is 2.28. The van der Waals surface area contributed by atoms with Crippen LogP contribution in [0.2, 0.25) is 5.02 Å². The van der Waals surface area contributed by atoms with Crippen LogP contribution in [0.5, 0.6) is 0 Å². The topological polar surface area (TPSA) is 26.3 Å². The fourth-order valence-corrected chi connectivity index (χ4v) is 1.82. The number of esters is 1. The molecule has 0 heterocycles. The van der Waals surface area contributed by atoms with Crippen LogP contribution < -0.4 is 0 Å². The molecule has 0 aliphatic carbocycles. The Labute approximate surface area is 96.3 Å². The summed E-state index contributed by atoms with van der Waals surface area (Å²) < 4.78 is 5.35. The first kappa shape index (κ1) is 11.5. The Hall–Kier alpha value is -0.540. The van der Waals surface area contributed by atoms with Crippen molar-refractivity contribution in [3.05, 3.63) is 32.8 Å². The van der Waals surface area contributed by atoms with Crippen LogP contribution in [0, 0.1) is 6.92 Å². The zero-order chi connectivity index (χ0) is 10.7. The second kappa shape index (κ2) is 4.80. The molecule has 14 heavy (non-hydrogen) atoms. The van der Waals surface area contributed by atoms with E-state index in [1.807, 2.05) is 19.1 Å². The lowest BCUT2D eigenvalue weighted by molar-refractivity contribution is -0.139. The maximum absolute atomic E-state index is 11.1. The quantitative estimate of drug-likeness (QED) is 0.776. The summed E-state index contributed by atoms with van der Waals surface area (Å²) in [5.41, 5.74) is 1.87. The molecule has 0 fully saturated rings. The number of hydrogen-bond acceptors (Lipinski definition) is 2. The third-order valence-electron chi connectivity index (χ3n) is 1.81. The van der Waals surface area contributed by atoms with E-state index in [0.717, 1.165) is 15.6 Å². The SMILES string of the molecule is COC(=O)Cc1cc(C)cc(Cl)c1Br. The third-order valence-corrected chi connectivity index (χ3v) is 3.27. The number of hydrogen-bond donors (Lipinski definition) is 0. The molecule has 1 aromatic rings. The fourth-order valence-electron chi connectivity index (χ4n) is 1.15. The standard InChI is InChI=1S/C10H10BrClO2/c1-6-3-7(5-9(13)14-2)10(11)8(12)4-6/h3-4H,5H2,1-2H3. The van der Waals surface area contributed by atoms with Crippen molar-refractivity contribution in [3.8, 4) is 0 Å². The van der Waals surface area contributed by atoms with Gasteiger partial charge in [0, 0.05) is 4.47 Å². The van der Waals surface area contributed by atoms with E-state index in [4.69, 9.17) is 11.6 Å². The minimum atomic E-state index is -0.271. The first-order chi connectivity index (χ1) is 6.54. The lowest BCUT2D eigenvalue weighted by Gasteiger charge is -2.06. The van der Waals surface area contributed by atoms with Crippen molar-refractivity contribution >= 4 is 33.5 Å². The molecule has 0 aliphatic heterocycles. The number of carbonyl (C=O) groups excluding carboxylic acids is 1. The van der Waals surface area contributed by atoms with Crippen molar-refractivity contribution in [2.45, 2.75) is 13.3 Å². The normalized spacial score (nSPS) is 10.0. The minimum Gasteiger partial charge on any atom is -0.469 e. The summed E-state index contributed by atoms with van der Waals surface area (Å²) in [5.74, 6) is -0.271. The van der Waals surface area contributed by atoms with Crippen LogP contribution in [0.25, 0.3) is 0 Å². The second-order valence-electron chi connectivity index (χ2n) is 2.97. The van der Waals surface area contributed by atoms with Gasteiger partial charge in [0.15, 0.2) is 0 Å². The van der Waals surface area contributed by atoms with Crippen LogP contribution in [-0.4, -0.2) is 13.1 Å². The smallest absolute Gasteiger partial charge is 0.310 e. The molecule has 1 aromatic carbocycles. The molecule has 76 valence electrons. The zero-order valence-electron chi connectivity index (χ0n) is 7.93. The second-order valence-corrected chi connectivity index (χ2v) is 4.17. The molecular weight excluding hydrogens is 267 g/mol. The molecular formula is C10H10BrClO2. The number of ether oxygens (including phenoxy) is 1. The average molecular weight is 278 g/mol. The summed E-state index contributed by atoms with van der Waals surface area (Å²) in [6, 6.07) is 3.75. The Bertz CT molecular complexity index is 363. The van der Waals surface area contributed by atoms with E-state index in [1.165, 1.54) is 7.11 Å². The molecule has 0 saturated heterocycles. The average Bonchev–Trinajstić information content (AvgIpc) is 2.13. The molecule has 0 unspecified atom stereocenters. The van der Waals surface area contributed by atoms with Crippen molar-refractivity contribution in [1.29, 1.82) is 0 Å². The van der Waals surface area contributed by atoms with Gasteiger partial charge in [-0.3, -0.25) is 4.79 Å². The van der Waals surface area contributed by atoms with E-state index in [0.29, 0.717) is 5.02 Å². The number of benzene rings is 1. The summed E-state index contributed by atoms with van der Waals surface area (Å²) in [7, 11) is 1.37. The molecule has 0 spiro atoms. The summed E-state index contributed by atoms with van der Waals surface area (Å²) in [4.78, 5) is 11.1. The summed E-state index contributed by atoms with van der Waals surface area (Å²) in [6.45, 7) is 1.93. The molecule has 1 rings (SSSR count). The van der Waals surface area contributed by atoms with Gasteiger partial charge in [-0.1, -0.05) is 17.7 Å². The predicted molar refractivity (Wildman–Crippen MR) is 59.6 cm³/mol. The Balaban J connectivity index is 3.02. The van der Waals surface area contributed by atoms with E-state index in [9.17, 15) is 4.79 Å². The zero-order valence-corrected chi connectivity index (χ0v) is 10.3. The predicted octanol–water partition coefficient (Wildman–Crippen LogP) is 3.13. The van der Waals surface area contributed by atoms with Gasteiger partial charge in [0.25, 0.3) is 0 Å². The largest absolute Gasteiger partial charge is 0.469 e. The number of carbonyl (C=O) groups is 1. The van der Waals surface area contributed by atoms with Crippen LogP contribution in [0.3, 0.4) is 0 Å². The lowest BCUT2D eigenvalue weighted by atomic mass is 10.1. The monoisotopic (exact) mass is 276 g/mol. The van der Waals surface area contributed by atoms with E-state index in [1.54, 1.807) is 0 Å². The van der Waals surface area contributed by atoms with Gasteiger partial charge in [0.1, 0.15) is 0 Å². The Kier molecular flexibility index (Phi) is 3.96. The summed E-state index contributed by atoms with van der Waals surface area (Å²) >= 11 is 9.28. The molecule has 0 amide bonds.